The Morgan fingerprint density at radius 2 is 1.75 bits per heavy atom. The highest BCUT2D eigenvalue weighted by atomic mass is 19.4. The van der Waals surface area contributed by atoms with Gasteiger partial charge in [-0.3, -0.25) is 4.52 Å². The quantitative estimate of drug-likeness (QED) is 0.604. The molecule has 2 nitrogen and oxygen atoms in total. The van der Waals surface area contributed by atoms with Gasteiger partial charge in [-0.15, -0.1) is 0 Å². The molecule has 84 valence electrons. The summed E-state index contributed by atoms with van der Waals surface area (Å²) >= 11 is 0. The molecule has 1 N–H and O–H groups in total. The highest BCUT2D eigenvalue weighted by Crippen LogP contribution is 2.18. The Morgan fingerprint density at radius 3 is 2.50 bits per heavy atom. The molecule has 0 atom stereocenters. The second kappa shape index (κ2) is 4.30. The Balaban J connectivity index is 0.000000212. The number of para-hydroxylation sites is 1. The number of rotatable bonds is 0. The first-order chi connectivity index (χ1) is 7.68. The summed E-state index contributed by atoms with van der Waals surface area (Å²) in [5.41, 5.74) is 2.45. The minimum Gasteiger partial charge on any atom is -0.301 e. The molecule has 3 rings (SSSR count). The third kappa shape index (κ3) is 2.03. The van der Waals surface area contributed by atoms with Gasteiger partial charge in [0.2, 0.25) is 0 Å². The lowest BCUT2D eigenvalue weighted by Gasteiger charge is -1.89. The monoisotopic (exact) mass is 226 g/mol. The number of hydrogen-bond donors (Lipinski definition) is 1. The number of aromatic nitrogens is 2. The van der Waals surface area contributed by atoms with Crippen molar-refractivity contribution in [2.75, 3.05) is 0 Å². The Kier molecular flexibility index (Phi) is 2.85. The van der Waals surface area contributed by atoms with E-state index in [1.54, 1.807) is 0 Å². The number of nitrogens with one attached hydrogen (secondary N) is 1. The normalized spacial score (nSPS) is 10.8. The van der Waals surface area contributed by atoms with E-state index >= 15 is 0 Å². The van der Waals surface area contributed by atoms with Crippen molar-refractivity contribution in [1.82, 2.24) is 9.61 Å². The van der Waals surface area contributed by atoms with Crippen LogP contribution in [0.1, 0.15) is 0 Å². The van der Waals surface area contributed by atoms with Crippen molar-refractivity contribution in [1.29, 1.82) is 0 Å². The van der Waals surface area contributed by atoms with Gasteiger partial charge in [0.1, 0.15) is 0 Å². The summed E-state index contributed by atoms with van der Waals surface area (Å²) in [6.07, 6.45) is 1.95. The van der Waals surface area contributed by atoms with Crippen LogP contribution in [0.5, 0.6) is 0 Å². The molecule has 3 aromatic rings. The lowest BCUT2D eigenvalue weighted by atomic mass is 10.2. The predicted octanol–water partition coefficient (Wildman–Crippen LogP) is 3.60. The van der Waals surface area contributed by atoms with Crippen LogP contribution in [0.3, 0.4) is 0 Å². The van der Waals surface area contributed by atoms with Gasteiger partial charge in [0.05, 0.1) is 11.0 Å². The molecule has 1 aromatic carbocycles. The largest absolute Gasteiger partial charge is 0.379 e. The minimum atomic E-state index is -3.67. The molecule has 0 saturated carbocycles. The van der Waals surface area contributed by atoms with Crippen molar-refractivity contribution in [2.24, 2.45) is 0 Å². The summed E-state index contributed by atoms with van der Waals surface area (Å²) in [7, 11) is 0. The average Bonchev–Trinajstić information content (AvgIpc) is 2.75. The molecule has 5 heteroatoms. The highest BCUT2D eigenvalue weighted by molar-refractivity contribution is 5.86. The van der Waals surface area contributed by atoms with Crippen LogP contribution in [-0.2, 0) is 0 Å². The zero-order chi connectivity index (χ0) is 11.5. The van der Waals surface area contributed by atoms with Crippen molar-refractivity contribution in [3.63, 3.8) is 0 Å². The summed E-state index contributed by atoms with van der Waals surface area (Å²) in [4.78, 5) is 0. The van der Waals surface area contributed by atoms with E-state index < -0.39 is 6.68 Å². The molecule has 2 aromatic heterocycles. The Bertz CT molecular complexity index is 579. The third-order valence-electron chi connectivity index (χ3n) is 2.20. The van der Waals surface area contributed by atoms with Gasteiger partial charge in [-0.05, 0) is 18.2 Å². The molecule has 0 aliphatic carbocycles. The smallest absolute Gasteiger partial charge is 0.301 e. The van der Waals surface area contributed by atoms with E-state index in [-0.39, 0.29) is 0 Å². The molecule has 0 saturated heterocycles. The molecule has 0 spiro atoms. The summed E-state index contributed by atoms with van der Waals surface area (Å²) in [5, 5.41) is 4.44. The fourth-order valence-electron chi connectivity index (χ4n) is 1.64. The molecule has 0 fully saturated rings. The topological polar surface area (TPSA) is 20.2 Å². The summed E-state index contributed by atoms with van der Waals surface area (Å²) in [6, 6.07) is 12.6. The summed E-state index contributed by atoms with van der Waals surface area (Å²) < 4.78 is 31.1. The lowest BCUT2D eigenvalue weighted by molar-refractivity contribution is 0.00819. The number of halogens is 3. The van der Waals surface area contributed by atoms with Gasteiger partial charge in [0, 0.05) is 11.6 Å². The first-order valence-electron chi connectivity index (χ1n) is 4.64. The number of alkyl halides is 3. The first kappa shape index (κ1) is 10.6. The fraction of sp³-hybridized carbons (Fsp3) is 0.0909. The number of benzene rings is 1. The molecule has 0 aliphatic rings. The standard InChI is InChI=1S/C10H8N2.CHF3/c1-2-4-10-8(3-1)7-9-5-6-11-12(9)10;2-1(3)4/h1-7,11H;1H. The first-order valence-corrected chi connectivity index (χ1v) is 4.64. The Hall–Kier alpha value is -1.91. The predicted molar refractivity (Wildman–Crippen MR) is 56.4 cm³/mol. The molecule has 0 amide bonds. The van der Waals surface area contributed by atoms with Crippen LogP contribution >= 0.6 is 0 Å². The molecule has 2 heterocycles. The van der Waals surface area contributed by atoms with Crippen molar-refractivity contribution < 1.29 is 13.2 Å². The van der Waals surface area contributed by atoms with Crippen LogP contribution in [0.25, 0.3) is 16.4 Å². The molecule has 0 unspecified atom stereocenters. The molecular formula is C11H9F3N2. The number of fused-ring (bicyclic) bond motifs is 3. The third-order valence-corrected chi connectivity index (χ3v) is 2.20. The van der Waals surface area contributed by atoms with Crippen molar-refractivity contribution in [3.05, 3.63) is 42.6 Å². The van der Waals surface area contributed by atoms with Gasteiger partial charge >= 0.3 is 6.68 Å². The van der Waals surface area contributed by atoms with E-state index in [9.17, 15) is 13.2 Å². The molecule has 0 aliphatic heterocycles. The molecule has 16 heavy (non-hydrogen) atoms. The van der Waals surface area contributed by atoms with Crippen LogP contribution in [0.2, 0.25) is 0 Å². The maximum atomic E-state index is 9.67. The summed E-state index contributed by atoms with van der Waals surface area (Å²) in [5.74, 6) is 0. The maximum absolute atomic E-state index is 9.67. The maximum Gasteiger partial charge on any atom is 0.379 e. The van der Waals surface area contributed by atoms with Gasteiger partial charge in [0.15, 0.2) is 0 Å². The SMILES string of the molecule is FC(F)F.c1ccc2c(c1)cc1cc[nH]n12. The molecular weight excluding hydrogens is 217 g/mol. The van der Waals surface area contributed by atoms with Crippen LogP contribution in [-0.4, -0.2) is 16.3 Å². The van der Waals surface area contributed by atoms with Crippen LogP contribution in [0.15, 0.2) is 42.6 Å². The fourth-order valence-corrected chi connectivity index (χ4v) is 1.64. The Labute approximate surface area is 89.3 Å². The zero-order valence-electron chi connectivity index (χ0n) is 8.20. The van der Waals surface area contributed by atoms with E-state index in [2.05, 4.69) is 46.0 Å². The number of hydrogen-bond acceptors (Lipinski definition) is 0. The van der Waals surface area contributed by atoms with Gasteiger partial charge < -0.3 is 5.10 Å². The highest BCUT2D eigenvalue weighted by Gasteiger charge is 1.99. The lowest BCUT2D eigenvalue weighted by Crippen LogP contribution is -1.79. The van der Waals surface area contributed by atoms with Gasteiger partial charge in [0.25, 0.3) is 0 Å². The average molecular weight is 226 g/mol. The van der Waals surface area contributed by atoms with Gasteiger partial charge in [-0.2, -0.15) is 13.2 Å². The van der Waals surface area contributed by atoms with Crippen molar-refractivity contribution >= 4 is 16.4 Å². The van der Waals surface area contributed by atoms with Crippen molar-refractivity contribution in [2.45, 2.75) is 6.68 Å². The molecule has 0 bridgehead atoms. The van der Waals surface area contributed by atoms with E-state index in [4.69, 9.17) is 0 Å². The van der Waals surface area contributed by atoms with Crippen LogP contribution < -0.4 is 0 Å². The second-order valence-electron chi connectivity index (χ2n) is 3.17. The zero-order valence-corrected chi connectivity index (χ0v) is 8.20. The van der Waals surface area contributed by atoms with Crippen molar-refractivity contribution in [3.8, 4) is 0 Å². The number of H-pyrrole nitrogens is 1. The van der Waals surface area contributed by atoms with E-state index in [1.165, 1.54) is 16.4 Å². The van der Waals surface area contributed by atoms with E-state index in [0.717, 1.165) is 0 Å². The second-order valence-corrected chi connectivity index (χ2v) is 3.17. The minimum absolute atomic E-state index is 1.22. The van der Waals surface area contributed by atoms with E-state index in [1.807, 2.05) is 6.20 Å². The van der Waals surface area contributed by atoms with Gasteiger partial charge in [-0.25, -0.2) is 0 Å². The summed E-state index contributed by atoms with van der Waals surface area (Å²) in [6.45, 7) is -3.67. The number of aromatic amines is 1. The van der Waals surface area contributed by atoms with Gasteiger partial charge in [-0.1, -0.05) is 18.2 Å². The molecule has 0 radical (unpaired) electrons. The van der Waals surface area contributed by atoms with Crippen LogP contribution in [0.4, 0.5) is 13.2 Å². The van der Waals surface area contributed by atoms with E-state index in [0.29, 0.717) is 0 Å². The number of nitrogens with zero attached hydrogens (tertiary/aromatic N) is 1. The van der Waals surface area contributed by atoms with Crippen LogP contribution in [0, 0.1) is 0 Å². The Morgan fingerprint density at radius 1 is 1.06 bits per heavy atom.